The average Bonchev–Trinajstić information content (AvgIpc) is 2.44. The molecule has 0 saturated heterocycles. The van der Waals surface area contributed by atoms with Crippen LogP contribution in [-0.4, -0.2) is 16.8 Å². The molecule has 2 rings (SSSR count). The first-order valence-electron chi connectivity index (χ1n) is 5.43. The smallest absolute Gasteiger partial charge is 0.0793 e. The van der Waals surface area contributed by atoms with E-state index in [1.165, 1.54) is 25.0 Å². The Morgan fingerprint density at radius 1 is 1.57 bits per heavy atom. The maximum Gasteiger partial charge on any atom is 0.0793 e. The fourth-order valence-electron chi connectivity index (χ4n) is 1.95. The average molecular weight is 193 g/mol. The molecule has 0 bridgehead atoms. The monoisotopic (exact) mass is 193 g/mol. The third kappa shape index (κ3) is 1.57. The first kappa shape index (κ1) is 9.71. The van der Waals surface area contributed by atoms with Gasteiger partial charge in [-0.25, -0.2) is 0 Å². The van der Waals surface area contributed by atoms with Gasteiger partial charge in [0.05, 0.1) is 5.69 Å². The topological polar surface area (TPSA) is 29.9 Å². The summed E-state index contributed by atoms with van der Waals surface area (Å²) in [6, 6.07) is 2.61. The van der Waals surface area contributed by atoms with E-state index in [2.05, 4.69) is 30.5 Å². The number of rotatable bonds is 3. The molecule has 1 heterocycles. The van der Waals surface area contributed by atoms with E-state index in [-0.39, 0.29) is 0 Å². The Bertz CT molecular complexity index is 312. The molecule has 0 amide bonds. The van der Waals surface area contributed by atoms with Crippen LogP contribution in [0.15, 0.2) is 6.07 Å². The van der Waals surface area contributed by atoms with Crippen molar-refractivity contribution in [3.63, 3.8) is 0 Å². The van der Waals surface area contributed by atoms with Crippen molar-refractivity contribution in [3.05, 3.63) is 17.5 Å². The molecule has 0 radical (unpaired) electrons. The zero-order chi connectivity index (χ0) is 10.1. The van der Waals surface area contributed by atoms with E-state index in [0.29, 0.717) is 6.04 Å². The minimum absolute atomic E-state index is 0.357. The lowest BCUT2D eigenvalue weighted by Gasteiger charge is -2.25. The first-order valence-corrected chi connectivity index (χ1v) is 5.43. The SMILES string of the molecule is CNC(C)c1cc(C2CCC2)n(C)n1. The van der Waals surface area contributed by atoms with Gasteiger partial charge in [0.1, 0.15) is 0 Å². The molecule has 1 fully saturated rings. The molecule has 1 aromatic heterocycles. The van der Waals surface area contributed by atoms with Gasteiger partial charge >= 0.3 is 0 Å². The van der Waals surface area contributed by atoms with Crippen LogP contribution >= 0.6 is 0 Å². The fourth-order valence-corrected chi connectivity index (χ4v) is 1.95. The van der Waals surface area contributed by atoms with Crippen molar-refractivity contribution in [2.45, 2.75) is 38.1 Å². The van der Waals surface area contributed by atoms with Gasteiger partial charge in [0.2, 0.25) is 0 Å². The Morgan fingerprint density at radius 2 is 2.29 bits per heavy atom. The van der Waals surface area contributed by atoms with Gasteiger partial charge in [-0.3, -0.25) is 4.68 Å². The van der Waals surface area contributed by atoms with Gasteiger partial charge in [-0.05, 0) is 32.9 Å². The number of nitrogens with zero attached hydrogens (tertiary/aromatic N) is 2. The Labute approximate surface area is 85.5 Å². The molecule has 0 aliphatic heterocycles. The van der Waals surface area contributed by atoms with Crippen LogP contribution in [0.5, 0.6) is 0 Å². The number of aromatic nitrogens is 2. The van der Waals surface area contributed by atoms with Crippen LogP contribution in [0.3, 0.4) is 0 Å². The van der Waals surface area contributed by atoms with Crippen molar-refractivity contribution in [1.29, 1.82) is 0 Å². The predicted octanol–water partition coefficient (Wildman–Crippen LogP) is 1.97. The van der Waals surface area contributed by atoms with Gasteiger partial charge in [0.25, 0.3) is 0 Å². The second kappa shape index (κ2) is 3.73. The van der Waals surface area contributed by atoms with Gasteiger partial charge in [-0.1, -0.05) is 6.42 Å². The number of hydrogen-bond acceptors (Lipinski definition) is 2. The third-order valence-electron chi connectivity index (χ3n) is 3.34. The Balaban J connectivity index is 2.20. The number of hydrogen-bond donors (Lipinski definition) is 1. The quantitative estimate of drug-likeness (QED) is 0.795. The third-order valence-corrected chi connectivity index (χ3v) is 3.34. The van der Waals surface area contributed by atoms with Crippen molar-refractivity contribution in [3.8, 4) is 0 Å². The molecule has 3 nitrogen and oxygen atoms in total. The largest absolute Gasteiger partial charge is 0.312 e. The summed E-state index contributed by atoms with van der Waals surface area (Å²) in [5, 5.41) is 7.76. The summed E-state index contributed by atoms with van der Waals surface area (Å²) in [6.45, 7) is 2.15. The predicted molar refractivity (Wildman–Crippen MR) is 57.3 cm³/mol. The van der Waals surface area contributed by atoms with Crippen molar-refractivity contribution in [2.24, 2.45) is 7.05 Å². The highest BCUT2D eigenvalue weighted by atomic mass is 15.3. The molecule has 1 aliphatic rings. The molecule has 1 N–H and O–H groups in total. The van der Waals surface area contributed by atoms with Gasteiger partial charge in [-0.2, -0.15) is 5.10 Å². The summed E-state index contributed by atoms with van der Waals surface area (Å²) in [4.78, 5) is 0. The molecular weight excluding hydrogens is 174 g/mol. The zero-order valence-corrected chi connectivity index (χ0v) is 9.25. The number of nitrogens with one attached hydrogen (secondary N) is 1. The molecular formula is C11H19N3. The standard InChI is InChI=1S/C11H19N3/c1-8(12-2)10-7-11(14(3)13-10)9-5-4-6-9/h7-9,12H,4-6H2,1-3H3. The van der Waals surface area contributed by atoms with Crippen molar-refractivity contribution < 1.29 is 0 Å². The summed E-state index contributed by atoms with van der Waals surface area (Å²) >= 11 is 0. The molecule has 1 atom stereocenters. The molecule has 1 saturated carbocycles. The van der Waals surface area contributed by atoms with Crippen molar-refractivity contribution in [1.82, 2.24) is 15.1 Å². The summed E-state index contributed by atoms with van der Waals surface area (Å²) in [5.41, 5.74) is 2.57. The Morgan fingerprint density at radius 3 is 2.79 bits per heavy atom. The van der Waals surface area contributed by atoms with Crippen LogP contribution in [0.4, 0.5) is 0 Å². The summed E-state index contributed by atoms with van der Waals surface area (Å²) < 4.78 is 2.05. The highest BCUT2D eigenvalue weighted by Gasteiger charge is 2.23. The molecule has 1 unspecified atom stereocenters. The van der Waals surface area contributed by atoms with Gasteiger partial charge in [0, 0.05) is 24.7 Å². The molecule has 14 heavy (non-hydrogen) atoms. The van der Waals surface area contributed by atoms with Gasteiger partial charge in [0.15, 0.2) is 0 Å². The molecule has 1 aromatic rings. The van der Waals surface area contributed by atoms with E-state index in [1.807, 2.05) is 11.7 Å². The van der Waals surface area contributed by atoms with Crippen LogP contribution in [0.25, 0.3) is 0 Å². The highest BCUT2D eigenvalue weighted by molar-refractivity contribution is 5.18. The maximum absolute atomic E-state index is 4.54. The molecule has 0 spiro atoms. The van der Waals surface area contributed by atoms with E-state index < -0.39 is 0 Å². The first-order chi connectivity index (χ1) is 6.72. The minimum atomic E-state index is 0.357. The van der Waals surface area contributed by atoms with Crippen LogP contribution in [0, 0.1) is 0 Å². The molecule has 0 aromatic carbocycles. The van der Waals surface area contributed by atoms with Crippen LogP contribution in [0.2, 0.25) is 0 Å². The fraction of sp³-hybridized carbons (Fsp3) is 0.727. The second-order valence-corrected chi connectivity index (χ2v) is 4.26. The van der Waals surface area contributed by atoms with Crippen LogP contribution < -0.4 is 5.32 Å². The van der Waals surface area contributed by atoms with Crippen LogP contribution in [0.1, 0.15) is 49.5 Å². The molecule has 3 heteroatoms. The second-order valence-electron chi connectivity index (χ2n) is 4.26. The van der Waals surface area contributed by atoms with E-state index in [1.54, 1.807) is 0 Å². The maximum atomic E-state index is 4.54. The van der Waals surface area contributed by atoms with Gasteiger partial charge in [-0.15, -0.1) is 0 Å². The van der Waals surface area contributed by atoms with Crippen molar-refractivity contribution in [2.75, 3.05) is 7.05 Å². The zero-order valence-electron chi connectivity index (χ0n) is 9.25. The van der Waals surface area contributed by atoms with Crippen LogP contribution in [-0.2, 0) is 7.05 Å². The Hall–Kier alpha value is -0.830. The molecule has 1 aliphatic carbocycles. The lowest BCUT2D eigenvalue weighted by atomic mass is 9.83. The van der Waals surface area contributed by atoms with E-state index in [9.17, 15) is 0 Å². The summed E-state index contributed by atoms with van der Waals surface area (Å²) in [6.07, 6.45) is 4.06. The van der Waals surface area contributed by atoms with E-state index in [0.717, 1.165) is 11.6 Å². The van der Waals surface area contributed by atoms with E-state index in [4.69, 9.17) is 0 Å². The lowest BCUT2D eigenvalue weighted by molar-refractivity contribution is 0.397. The van der Waals surface area contributed by atoms with Crippen molar-refractivity contribution >= 4 is 0 Å². The molecule has 78 valence electrons. The van der Waals surface area contributed by atoms with Gasteiger partial charge < -0.3 is 5.32 Å². The highest BCUT2D eigenvalue weighted by Crippen LogP contribution is 2.36. The number of aryl methyl sites for hydroxylation is 1. The lowest BCUT2D eigenvalue weighted by Crippen LogP contribution is -2.13. The Kier molecular flexibility index (Phi) is 2.59. The summed E-state index contributed by atoms with van der Waals surface area (Å²) in [5.74, 6) is 0.769. The minimum Gasteiger partial charge on any atom is -0.312 e. The normalized spacial score (nSPS) is 19.4. The van der Waals surface area contributed by atoms with E-state index >= 15 is 0 Å². The summed E-state index contributed by atoms with van der Waals surface area (Å²) in [7, 11) is 4.03.